The molecule has 0 spiro atoms. The molecule has 3 nitrogen and oxygen atoms in total. The number of nitrogens with zero attached hydrogens (tertiary/aromatic N) is 2. The molecule has 2 aromatic heterocycles. The van der Waals surface area contributed by atoms with Gasteiger partial charge in [0.25, 0.3) is 0 Å². The number of aromatic nitrogens is 3. The molecule has 0 aromatic carbocycles. The number of nitrogens with one attached hydrogen (secondary N) is 1. The van der Waals surface area contributed by atoms with E-state index in [1.165, 1.54) is 0 Å². The van der Waals surface area contributed by atoms with Crippen LogP contribution in [0.25, 0.3) is 11.0 Å². The van der Waals surface area contributed by atoms with E-state index in [0.717, 1.165) is 16.6 Å². The Bertz CT molecular complexity index is 350. The van der Waals surface area contributed by atoms with Crippen LogP contribution in [-0.4, -0.2) is 15.2 Å². The van der Waals surface area contributed by atoms with Crippen LogP contribution in [0.15, 0.2) is 18.5 Å². The molecule has 10 heavy (non-hydrogen) atoms. The molecule has 49 valence electrons. The van der Waals surface area contributed by atoms with E-state index in [4.69, 9.17) is 0 Å². The summed E-state index contributed by atoms with van der Waals surface area (Å²) >= 11 is 0. The quantitative estimate of drug-likeness (QED) is 0.584. The lowest BCUT2D eigenvalue weighted by Gasteiger charge is -1.88. The third kappa shape index (κ3) is 0.673. The number of pyridine rings is 1. The fraction of sp³-hybridized carbons (Fsp3) is 0. The Morgan fingerprint density at radius 2 is 2.30 bits per heavy atom. The minimum absolute atomic E-state index is 0.812. The minimum atomic E-state index is 0.812. The van der Waals surface area contributed by atoms with Gasteiger partial charge in [0.05, 0.1) is 6.20 Å². The van der Waals surface area contributed by atoms with Gasteiger partial charge in [-0.15, -0.1) is 0 Å². The Morgan fingerprint density at radius 3 is 3.20 bits per heavy atom. The number of H-pyrrole nitrogens is 1. The first-order chi connectivity index (χ1) is 4.86. The van der Waals surface area contributed by atoms with E-state index in [2.05, 4.69) is 22.1 Å². The molecule has 3 heteroatoms. The predicted molar refractivity (Wildman–Crippen MR) is 38.3 cm³/mol. The summed E-state index contributed by atoms with van der Waals surface area (Å²) in [5, 5.41) is 7.59. The van der Waals surface area contributed by atoms with Crippen LogP contribution in [0.1, 0.15) is 5.56 Å². The summed E-state index contributed by atoms with van der Waals surface area (Å²) in [5.41, 5.74) is 1.72. The lowest BCUT2D eigenvalue weighted by atomic mass is 10.3. The van der Waals surface area contributed by atoms with Crippen molar-refractivity contribution < 1.29 is 0 Å². The summed E-state index contributed by atoms with van der Waals surface area (Å²) in [6.07, 6.45) is 3.44. The number of fused-ring (bicyclic) bond motifs is 1. The SMILES string of the molecule is [CH2]c1cnc2[nH]ncc2c1. The third-order valence-electron chi connectivity index (χ3n) is 1.35. The molecule has 2 aromatic rings. The zero-order valence-electron chi connectivity index (χ0n) is 5.33. The van der Waals surface area contributed by atoms with Crippen molar-refractivity contribution >= 4 is 11.0 Å². The highest BCUT2D eigenvalue weighted by Gasteiger charge is 1.93. The molecule has 0 saturated heterocycles. The second-order valence-corrected chi connectivity index (χ2v) is 2.15. The van der Waals surface area contributed by atoms with Crippen molar-refractivity contribution in [1.82, 2.24) is 15.2 Å². The van der Waals surface area contributed by atoms with E-state index in [1.54, 1.807) is 12.4 Å². The predicted octanol–water partition coefficient (Wildman–Crippen LogP) is 1.14. The first-order valence-electron chi connectivity index (χ1n) is 2.97. The van der Waals surface area contributed by atoms with Gasteiger partial charge in [0.15, 0.2) is 5.65 Å². The average Bonchev–Trinajstić information content (AvgIpc) is 2.33. The Hall–Kier alpha value is -1.38. The van der Waals surface area contributed by atoms with Gasteiger partial charge in [-0.1, -0.05) is 0 Å². The van der Waals surface area contributed by atoms with E-state index < -0.39 is 0 Å². The van der Waals surface area contributed by atoms with Crippen LogP contribution < -0.4 is 0 Å². The Labute approximate surface area is 58.1 Å². The molecule has 2 heterocycles. The molecule has 2 rings (SSSR count). The Balaban J connectivity index is 2.86. The molecule has 1 N–H and O–H groups in total. The summed E-state index contributed by atoms with van der Waals surface area (Å²) in [5.74, 6) is 0. The second kappa shape index (κ2) is 1.80. The highest BCUT2D eigenvalue weighted by molar-refractivity contribution is 5.74. The molecular weight excluding hydrogens is 126 g/mol. The topological polar surface area (TPSA) is 41.6 Å². The molecule has 0 bridgehead atoms. The Morgan fingerprint density at radius 1 is 1.40 bits per heavy atom. The Kier molecular flexibility index (Phi) is 0.974. The number of aromatic amines is 1. The van der Waals surface area contributed by atoms with Crippen molar-refractivity contribution in [2.75, 3.05) is 0 Å². The van der Waals surface area contributed by atoms with E-state index in [9.17, 15) is 0 Å². The van der Waals surface area contributed by atoms with Crippen molar-refractivity contribution in [3.63, 3.8) is 0 Å². The van der Waals surface area contributed by atoms with Crippen LogP contribution in [0.2, 0.25) is 0 Å². The second-order valence-electron chi connectivity index (χ2n) is 2.15. The first kappa shape index (κ1) is 5.41. The molecule has 0 fully saturated rings. The van der Waals surface area contributed by atoms with Gasteiger partial charge < -0.3 is 0 Å². The molecule has 0 aliphatic heterocycles. The van der Waals surface area contributed by atoms with Crippen LogP contribution in [0.5, 0.6) is 0 Å². The molecular formula is C7H6N3. The fourth-order valence-electron chi connectivity index (χ4n) is 0.882. The summed E-state index contributed by atoms with van der Waals surface area (Å²) < 4.78 is 0. The van der Waals surface area contributed by atoms with Crippen LogP contribution in [-0.2, 0) is 0 Å². The van der Waals surface area contributed by atoms with Gasteiger partial charge in [-0.3, -0.25) is 5.10 Å². The normalized spacial score (nSPS) is 10.5. The fourth-order valence-corrected chi connectivity index (χ4v) is 0.882. The molecule has 0 saturated carbocycles. The average molecular weight is 132 g/mol. The van der Waals surface area contributed by atoms with Gasteiger partial charge in [0.1, 0.15) is 0 Å². The minimum Gasteiger partial charge on any atom is -0.261 e. The summed E-state index contributed by atoms with van der Waals surface area (Å²) in [6.45, 7) is 3.75. The molecule has 0 unspecified atom stereocenters. The highest BCUT2D eigenvalue weighted by Crippen LogP contribution is 2.07. The van der Waals surface area contributed by atoms with E-state index in [-0.39, 0.29) is 0 Å². The van der Waals surface area contributed by atoms with E-state index in [1.807, 2.05) is 6.07 Å². The number of hydrogen-bond acceptors (Lipinski definition) is 2. The molecule has 0 atom stereocenters. The van der Waals surface area contributed by atoms with Crippen LogP contribution in [0.3, 0.4) is 0 Å². The zero-order valence-corrected chi connectivity index (χ0v) is 5.33. The van der Waals surface area contributed by atoms with Crippen molar-refractivity contribution in [2.45, 2.75) is 0 Å². The molecule has 0 aliphatic carbocycles. The lowest BCUT2D eigenvalue weighted by Crippen LogP contribution is -1.77. The summed E-state index contributed by atoms with van der Waals surface area (Å²) in [6, 6.07) is 1.94. The van der Waals surface area contributed by atoms with Gasteiger partial charge in [-0.25, -0.2) is 4.98 Å². The molecule has 1 radical (unpaired) electrons. The van der Waals surface area contributed by atoms with Crippen molar-refractivity contribution in [1.29, 1.82) is 0 Å². The van der Waals surface area contributed by atoms with Crippen molar-refractivity contribution in [2.24, 2.45) is 0 Å². The van der Waals surface area contributed by atoms with Gasteiger partial charge >= 0.3 is 0 Å². The maximum absolute atomic E-state index is 4.06. The third-order valence-corrected chi connectivity index (χ3v) is 1.35. The van der Waals surface area contributed by atoms with Crippen LogP contribution in [0, 0.1) is 6.92 Å². The first-order valence-corrected chi connectivity index (χ1v) is 2.97. The van der Waals surface area contributed by atoms with Crippen LogP contribution >= 0.6 is 0 Å². The maximum Gasteiger partial charge on any atom is 0.155 e. The molecule has 0 amide bonds. The molecule has 0 aliphatic rings. The summed E-state index contributed by atoms with van der Waals surface area (Å²) in [4.78, 5) is 4.06. The van der Waals surface area contributed by atoms with E-state index in [0.29, 0.717) is 0 Å². The number of hydrogen-bond donors (Lipinski definition) is 1. The van der Waals surface area contributed by atoms with Crippen molar-refractivity contribution in [3.05, 3.63) is 30.9 Å². The largest absolute Gasteiger partial charge is 0.261 e. The van der Waals surface area contributed by atoms with Gasteiger partial charge in [-0.05, 0) is 18.6 Å². The number of rotatable bonds is 0. The summed E-state index contributed by atoms with van der Waals surface area (Å²) in [7, 11) is 0. The van der Waals surface area contributed by atoms with Gasteiger partial charge in [0.2, 0.25) is 0 Å². The van der Waals surface area contributed by atoms with Crippen molar-refractivity contribution in [3.8, 4) is 0 Å². The lowest BCUT2D eigenvalue weighted by molar-refractivity contribution is 1.10. The van der Waals surface area contributed by atoms with Gasteiger partial charge in [0, 0.05) is 11.6 Å². The monoisotopic (exact) mass is 132 g/mol. The van der Waals surface area contributed by atoms with Crippen LogP contribution in [0.4, 0.5) is 0 Å². The standard InChI is InChI=1S/C7H6N3/c1-5-2-6-4-9-10-7(6)8-3-5/h2-4H,1H2,(H,8,9,10). The van der Waals surface area contributed by atoms with E-state index >= 15 is 0 Å². The maximum atomic E-state index is 4.06. The van der Waals surface area contributed by atoms with Gasteiger partial charge in [-0.2, -0.15) is 5.10 Å². The highest BCUT2D eigenvalue weighted by atomic mass is 15.1. The zero-order chi connectivity index (χ0) is 6.97. The smallest absolute Gasteiger partial charge is 0.155 e.